The van der Waals surface area contributed by atoms with Gasteiger partial charge in [0.15, 0.2) is 0 Å². The van der Waals surface area contributed by atoms with E-state index < -0.39 is 22.2 Å². The maximum absolute atomic E-state index is 13.7. The van der Waals surface area contributed by atoms with Crippen molar-refractivity contribution < 1.29 is 27.5 Å². The first-order chi connectivity index (χ1) is 24.3. The van der Waals surface area contributed by atoms with Crippen molar-refractivity contribution in [3.63, 3.8) is 0 Å². The lowest BCUT2D eigenvalue weighted by molar-refractivity contribution is -0.129. The number of sulfonamides is 1. The minimum atomic E-state index is -4.17. The summed E-state index contributed by atoms with van der Waals surface area (Å²) < 4.78 is 43.0. The van der Waals surface area contributed by atoms with Crippen molar-refractivity contribution >= 4 is 56.2 Å². The molecule has 4 aromatic rings. The molecule has 0 saturated heterocycles. The molecule has 0 aliphatic carbocycles. The first-order valence-corrected chi connectivity index (χ1v) is 19.1. The lowest BCUT2D eigenvalue weighted by atomic mass is 10.1. The average molecular weight is 754 g/mol. The van der Waals surface area contributed by atoms with E-state index >= 15 is 0 Å². The smallest absolute Gasteiger partial charge is 0.289 e. The minimum Gasteiger partial charge on any atom is -0.493 e. The van der Waals surface area contributed by atoms with Gasteiger partial charge in [0, 0.05) is 24.9 Å². The molecule has 1 unspecified atom stereocenters. The number of halogens is 1. The van der Waals surface area contributed by atoms with Gasteiger partial charge >= 0.3 is 0 Å². The summed E-state index contributed by atoms with van der Waals surface area (Å²) in [5.41, 5.74) is 3.63. The van der Waals surface area contributed by atoms with Crippen LogP contribution in [0.15, 0.2) is 70.0 Å². The highest BCUT2D eigenvalue weighted by molar-refractivity contribution is 7.90. The van der Waals surface area contributed by atoms with E-state index in [-0.39, 0.29) is 38.7 Å². The first kappa shape index (κ1) is 40.8. The number of hydrogen-bond acceptors (Lipinski definition) is 8. The van der Waals surface area contributed by atoms with Gasteiger partial charge in [0.25, 0.3) is 22.2 Å². The highest BCUT2D eigenvalue weighted by Gasteiger charge is 2.28. The number of ether oxygens (including phenoxy) is 2. The Morgan fingerprint density at radius 3 is 2.33 bits per heavy atom. The molecular formula is C37H44ClN5O6S2. The van der Waals surface area contributed by atoms with Crippen LogP contribution in [0.4, 0.5) is 11.4 Å². The van der Waals surface area contributed by atoms with Crippen LogP contribution in [0.25, 0.3) is 0 Å². The zero-order chi connectivity index (χ0) is 37.7. The monoisotopic (exact) mass is 753 g/mol. The van der Waals surface area contributed by atoms with Gasteiger partial charge in [-0.2, -0.15) is 18.2 Å². The number of nitrogens with zero attached hydrogens (tertiary/aromatic N) is 3. The molecule has 2 N–H and O–H groups in total. The van der Waals surface area contributed by atoms with E-state index in [0.717, 1.165) is 38.5 Å². The van der Waals surface area contributed by atoms with Crippen molar-refractivity contribution in [1.82, 2.24) is 9.78 Å². The van der Waals surface area contributed by atoms with Crippen LogP contribution in [-0.2, 0) is 24.3 Å². The highest BCUT2D eigenvalue weighted by Crippen LogP contribution is 2.27. The van der Waals surface area contributed by atoms with Gasteiger partial charge in [0.1, 0.15) is 16.9 Å². The number of nitrogens with one attached hydrogen (secondary N) is 2. The number of aryl methyl sites for hydroxylation is 3. The Bertz CT molecular complexity index is 2060. The molecular weight excluding hydrogens is 710 g/mol. The van der Waals surface area contributed by atoms with Crippen molar-refractivity contribution in [2.45, 2.75) is 85.3 Å². The van der Waals surface area contributed by atoms with Gasteiger partial charge in [-0.05, 0) is 69.2 Å². The second-order valence-corrected chi connectivity index (χ2v) is 14.5. The molecule has 272 valence electrons. The van der Waals surface area contributed by atoms with E-state index in [0.29, 0.717) is 23.7 Å². The summed E-state index contributed by atoms with van der Waals surface area (Å²) in [6, 6.07) is 16.8. The number of amides is 2. The SMILES string of the molecule is CC.CC#COC(C(=O)Nc1cc(NC(=O)CCCOc2ccc(C)cc2C)ccc1Cl)n1nc(C(C)C)sc1=NS(=O)(=O)c1ccc(C)cc1. The van der Waals surface area contributed by atoms with Gasteiger partial charge < -0.3 is 20.1 Å². The Morgan fingerprint density at radius 2 is 1.69 bits per heavy atom. The zero-order valence-electron chi connectivity index (χ0n) is 30.0. The van der Waals surface area contributed by atoms with E-state index in [9.17, 15) is 18.0 Å². The summed E-state index contributed by atoms with van der Waals surface area (Å²) in [4.78, 5) is 26.3. The van der Waals surface area contributed by atoms with Crippen LogP contribution in [0.3, 0.4) is 0 Å². The maximum atomic E-state index is 13.7. The molecule has 0 radical (unpaired) electrons. The molecule has 11 nitrogen and oxygen atoms in total. The third kappa shape index (κ3) is 11.7. The van der Waals surface area contributed by atoms with Crippen molar-refractivity contribution in [3.05, 3.63) is 92.2 Å². The summed E-state index contributed by atoms with van der Waals surface area (Å²) in [5.74, 6) is 2.23. The van der Waals surface area contributed by atoms with Gasteiger partial charge in [-0.3, -0.25) is 9.59 Å². The molecule has 1 aromatic heterocycles. The quantitative estimate of drug-likeness (QED) is 0.105. The molecule has 14 heteroatoms. The third-order valence-electron chi connectivity index (χ3n) is 6.97. The number of aromatic nitrogens is 2. The predicted octanol–water partition coefficient (Wildman–Crippen LogP) is 7.89. The Morgan fingerprint density at radius 1 is 1.00 bits per heavy atom. The van der Waals surface area contributed by atoms with Gasteiger partial charge in [-0.15, -0.1) is 4.40 Å². The number of carbonyl (C=O) groups excluding carboxylic acids is 2. The fourth-order valence-corrected chi connectivity index (χ4v) is 6.71. The van der Waals surface area contributed by atoms with Crippen LogP contribution in [-0.4, -0.2) is 36.6 Å². The lowest BCUT2D eigenvalue weighted by Gasteiger charge is -2.16. The predicted molar refractivity (Wildman–Crippen MR) is 202 cm³/mol. The summed E-state index contributed by atoms with van der Waals surface area (Å²) in [6.07, 6.45) is 1.56. The molecule has 51 heavy (non-hydrogen) atoms. The van der Waals surface area contributed by atoms with E-state index in [4.69, 9.17) is 21.1 Å². The van der Waals surface area contributed by atoms with Crippen LogP contribution in [0.5, 0.6) is 5.75 Å². The number of rotatable bonds is 13. The molecule has 3 aromatic carbocycles. The van der Waals surface area contributed by atoms with Crippen molar-refractivity contribution in [2.75, 3.05) is 17.2 Å². The Labute approximate surface area is 309 Å². The largest absolute Gasteiger partial charge is 0.493 e. The number of carbonyl (C=O) groups is 2. The van der Waals surface area contributed by atoms with Crippen LogP contribution in [0.1, 0.15) is 81.3 Å². The standard InChI is InChI=1S/C35H38ClN5O6S2.C2H6/c1-7-18-47-34(41-35(48-33(39-41)22(2)3)40-49(44,45)27-14-10-23(4)11-15-27)32(43)38-29-21-26(13-16-28(29)36)37-31(42)9-8-19-46-30-17-12-24(5)20-25(30)6;1-2/h10-17,20-22,34H,8-9,19H2,1-6H3,(H,37,42)(H,38,43);1-2H3. The number of benzene rings is 3. The molecule has 0 aliphatic heterocycles. The van der Waals surface area contributed by atoms with Crippen LogP contribution >= 0.6 is 22.9 Å². The van der Waals surface area contributed by atoms with Crippen LogP contribution in [0, 0.1) is 32.8 Å². The van der Waals surface area contributed by atoms with Crippen LogP contribution < -0.4 is 20.2 Å². The maximum Gasteiger partial charge on any atom is 0.289 e. The first-order valence-electron chi connectivity index (χ1n) is 16.4. The molecule has 0 spiro atoms. The molecule has 0 saturated carbocycles. The van der Waals surface area contributed by atoms with Gasteiger partial charge in [-0.1, -0.05) is 91.9 Å². The summed E-state index contributed by atoms with van der Waals surface area (Å²) >= 11 is 7.44. The molecule has 0 fully saturated rings. The average Bonchev–Trinajstić information content (AvgIpc) is 3.49. The molecule has 1 atom stereocenters. The molecule has 0 bridgehead atoms. The lowest BCUT2D eigenvalue weighted by Crippen LogP contribution is -2.34. The minimum absolute atomic E-state index is 0.0149. The number of hydrogen-bond donors (Lipinski definition) is 2. The Balaban J connectivity index is 0.00000345. The summed E-state index contributed by atoms with van der Waals surface area (Å²) in [7, 11) is -4.17. The Hall–Kier alpha value is -4.64. The zero-order valence-corrected chi connectivity index (χ0v) is 32.4. The van der Waals surface area contributed by atoms with E-state index in [1.165, 1.54) is 31.2 Å². The van der Waals surface area contributed by atoms with E-state index in [2.05, 4.69) is 32.2 Å². The third-order valence-corrected chi connectivity index (χ3v) is 9.92. The van der Waals surface area contributed by atoms with Crippen molar-refractivity contribution in [2.24, 2.45) is 4.40 Å². The second kappa shape index (κ2) is 19.1. The summed E-state index contributed by atoms with van der Waals surface area (Å²) in [5, 5.41) is 10.7. The van der Waals surface area contributed by atoms with Gasteiger partial charge in [0.2, 0.25) is 10.7 Å². The normalized spacial score (nSPS) is 11.8. The van der Waals surface area contributed by atoms with Gasteiger partial charge in [-0.25, -0.2) is 0 Å². The van der Waals surface area contributed by atoms with Crippen molar-refractivity contribution in [3.8, 4) is 17.8 Å². The van der Waals surface area contributed by atoms with Gasteiger partial charge in [0.05, 0.1) is 22.2 Å². The molecule has 1 heterocycles. The topological polar surface area (TPSA) is 141 Å². The molecule has 0 aliphatic rings. The van der Waals surface area contributed by atoms with E-state index in [1.807, 2.05) is 66.7 Å². The second-order valence-electron chi connectivity index (χ2n) is 11.5. The highest BCUT2D eigenvalue weighted by atomic mass is 35.5. The number of anilines is 2. The van der Waals surface area contributed by atoms with Crippen LogP contribution in [0.2, 0.25) is 5.02 Å². The fraction of sp³-hybridized carbons (Fsp3) is 0.351. The fourth-order valence-electron chi connectivity index (χ4n) is 4.44. The van der Waals surface area contributed by atoms with Crippen molar-refractivity contribution in [1.29, 1.82) is 0 Å². The Kier molecular flexibility index (Phi) is 15.3. The molecule has 2 amide bonds. The van der Waals surface area contributed by atoms with E-state index in [1.54, 1.807) is 18.2 Å². The molecule has 4 rings (SSSR count). The summed E-state index contributed by atoms with van der Waals surface area (Å²) in [6.45, 7) is 15.5.